The number of hydrogen-bond donors (Lipinski definition) is 0. The molecular formula is C9H11Cl3Si. The number of halogens is 3. The lowest BCUT2D eigenvalue weighted by Gasteiger charge is -2.08. The fourth-order valence-corrected chi connectivity index (χ4v) is 3.33. The number of hydrogen-bond acceptors (Lipinski definition) is 0. The Morgan fingerprint density at radius 1 is 1.08 bits per heavy atom. The third-order valence-electron chi connectivity index (χ3n) is 1.77. The molecule has 0 N–H and O–H groups in total. The summed E-state index contributed by atoms with van der Waals surface area (Å²) in [6, 6.07) is 11.3. The van der Waals surface area contributed by atoms with Gasteiger partial charge in [-0.25, -0.2) is 0 Å². The van der Waals surface area contributed by atoms with Crippen LogP contribution in [-0.4, -0.2) is 12.9 Å². The lowest BCUT2D eigenvalue weighted by molar-refractivity contribution is 1.12. The second-order valence-corrected chi connectivity index (χ2v) is 9.08. The molecule has 1 aromatic rings. The van der Waals surface area contributed by atoms with Gasteiger partial charge in [-0.05, 0) is 12.0 Å². The molecule has 0 spiro atoms. The van der Waals surface area contributed by atoms with Crippen molar-refractivity contribution >= 4 is 44.3 Å². The minimum absolute atomic E-state index is 0.598. The molecule has 0 radical (unpaired) electrons. The quantitative estimate of drug-likeness (QED) is 0.573. The molecule has 0 saturated carbocycles. The second-order valence-electron chi connectivity index (χ2n) is 2.95. The summed E-state index contributed by atoms with van der Waals surface area (Å²) in [4.78, 5) is 0. The van der Waals surface area contributed by atoms with Crippen LogP contribution in [0, 0.1) is 0 Å². The standard InChI is InChI=1S/C9H11Cl3Si/c10-9(11,12)13-7-6-8-4-2-1-3-5-8/h1-5H,6-7,13H2. The molecule has 13 heavy (non-hydrogen) atoms. The van der Waals surface area contributed by atoms with Gasteiger partial charge in [0.2, 0.25) is 0 Å². The van der Waals surface area contributed by atoms with Crippen LogP contribution in [0.1, 0.15) is 5.56 Å². The first-order valence-corrected chi connectivity index (χ1v) is 7.03. The Hall–Kier alpha value is 0.307. The molecule has 0 saturated heterocycles. The molecule has 72 valence electrons. The van der Waals surface area contributed by atoms with Crippen molar-refractivity contribution in [3.63, 3.8) is 0 Å². The summed E-state index contributed by atoms with van der Waals surface area (Å²) in [5, 5.41) is 0. The van der Waals surface area contributed by atoms with Crippen molar-refractivity contribution in [1.82, 2.24) is 0 Å². The van der Waals surface area contributed by atoms with E-state index in [0.717, 1.165) is 12.5 Å². The van der Waals surface area contributed by atoms with Crippen LogP contribution in [-0.2, 0) is 6.42 Å². The monoisotopic (exact) mass is 252 g/mol. The predicted octanol–water partition coefficient (Wildman–Crippen LogP) is 3.14. The van der Waals surface area contributed by atoms with Crippen LogP contribution in [0.4, 0.5) is 0 Å². The van der Waals surface area contributed by atoms with Crippen LogP contribution in [0.15, 0.2) is 30.3 Å². The van der Waals surface area contributed by atoms with Crippen molar-refractivity contribution < 1.29 is 0 Å². The minimum Gasteiger partial charge on any atom is -0.0890 e. The number of aryl methyl sites for hydroxylation is 1. The van der Waals surface area contributed by atoms with Gasteiger partial charge >= 0.3 is 0 Å². The van der Waals surface area contributed by atoms with Crippen LogP contribution in [0.3, 0.4) is 0 Å². The summed E-state index contributed by atoms with van der Waals surface area (Å²) < 4.78 is -0.964. The lowest BCUT2D eigenvalue weighted by atomic mass is 10.2. The topological polar surface area (TPSA) is 0 Å². The van der Waals surface area contributed by atoms with Gasteiger partial charge in [0.05, 0.1) is 9.52 Å². The highest BCUT2D eigenvalue weighted by Gasteiger charge is 2.18. The van der Waals surface area contributed by atoms with Crippen LogP contribution in [0.2, 0.25) is 6.04 Å². The second kappa shape index (κ2) is 5.25. The highest BCUT2D eigenvalue weighted by molar-refractivity contribution is 6.87. The van der Waals surface area contributed by atoms with Crippen LogP contribution < -0.4 is 0 Å². The predicted molar refractivity (Wildman–Crippen MR) is 63.8 cm³/mol. The molecule has 0 aliphatic rings. The van der Waals surface area contributed by atoms with E-state index in [9.17, 15) is 0 Å². The van der Waals surface area contributed by atoms with Crippen molar-refractivity contribution in [2.45, 2.75) is 15.9 Å². The Bertz CT molecular complexity index is 243. The van der Waals surface area contributed by atoms with E-state index < -0.39 is 12.9 Å². The van der Waals surface area contributed by atoms with Gasteiger partial charge in [-0.3, -0.25) is 0 Å². The van der Waals surface area contributed by atoms with Gasteiger partial charge in [-0.15, -0.1) is 0 Å². The first-order valence-electron chi connectivity index (χ1n) is 4.18. The van der Waals surface area contributed by atoms with Gasteiger partial charge in [0.1, 0.15) is 0 Å². The Labute approximate surface area is 96.0 Å². The number of benzene rings is 1. The van der Waals surface area contributed by atoms with E-state index >= 15 is 0 Å². The van der Waals surface area contributed by atoms with Gasteiger partial charge in [0.25, 0.3) is 0 Å². The van der Waals surface area contributed by atoms with Crippen molar-refractivity contribution in [3.05, 3.63) is 35.9 Å². The van der Waals surface area contributed by atoms with E-state index in [1.165, 1.54) is 5.56 Å². The van der Waals surface area contributed by atoms with E-state index in [0.29, 0.717) is 0 Å². The molecule has 0 bridgehead atoms. The fraction of sp³-hybridized carbons (Fsp3) is 0.333. The van der Waals surface area contributed by atoms with Crippen molar-refractivity contribution in [1.29, 1.82) is 0 Å². The van der Waals surface area contributed by atoms with E-state index in [2.05, 4.69) is 12.1 Å². The molecule has 0 nitrogen and oxygen atoms in total. The molecule has 0 unspecified atom stereocenters. The van der Waals surface area contributed by atoms with E-state index in [1.54, 1.807) is 0 Å². The maximum Gasteiger partial charge on any atom is 0.169 e. The van der Waals surface area contributed by atoms with Crippen molar-refractivity contribution in [3.8, 4) is 0 Å². The molecule has 1 aromatic carbocycles. The highest BCUT2D eigenvalue weighted by atomic mass is 35.6. The third kappa shape index (κ3) is 5.58. The summed E-state index contributed by atoms with van der Waals surface area (Å²) in [6.45, 7) is 0. The minimum atomic E-state index is -0.964. The molecule has 0 fully saturated rings. The Morgan fingerprint density at radius 3 is 2.23 bits per heavy atom. The van der Waals surface area contributed by atoms with Crippen LogP contribution >= 0.6 is 34.8 Å². The van der Waals surface area contributed by atoms with Crippen molar-refractivity contribution in [2.24, 2.45) is 0 Å². The molecule has 0 heterocycles. The van der Waals surface area contributed by atoms with Gasteiger partial charge in [0.15, 0.2) is 3.42 Å². The first kappa shape index (κ1) is 11.4. The SMILES string of the molecule is ClC(Cl)(Cl)[SiH2]CCc1ccccc1. The van der Waals surface area contributed by atoms with Gasteiger partial charge < -0.3 is 0 Å². The zero-order valence-corrected chi connectivity index (χ0v) is 10.8. The smallest absolute Gasteiger partial charge is 0.0890 e. The summed E-state index contributed by atoms with van der Waals surface area (Å²) >= 11 is 17.1. The van der Waals surface area contributed by atoms with Gasteiger partial charge in [-0.1, -0.05) is 71.2 Å². The zero-order chi connectivity index (χ0) is 9.73. The maximum atomic E-state index is 5.69. The first-order chi connectivity index (χ1) is 6.08. The van der Waals surface area contributed by atoms with E-state index in [-0.39, 0.29) is 0 Å². The zero-order valence-electron chi connectivity index (χ0n) is 7.14. The summed E-state index contributed by atoms with van der Waals surface area (Å²) in [5.41, 5.74) is 1.32. The van der Waals surface area contributed by atoms with Crippen molar-refractivity contribution in [2.75, 3.05) is 0 Å². The fourth-order valence-electron chi connectivity index (χ4n) is 1.14. The summed E-state index contributed by atoms with van der Waals surface area (Å²) in [7, 11) is -0.598. The van der Waals surface area contributed by atoms with Gasteiger partial charge in [-0.2, -0.15) is 0 Å². The Balaban J connectivity index is 2.29. The van der Waals surface area contributed by atoms with Gasteiger partial charge in [0, 0.05) is 0 Å². The average molecular weight is 254 g/mol. The Kier molecular flexibility index (Phi) is 4.60. The van der Waals surface area contributed by atoms with Crippen LogP contribution in [0.5, 0.6) is 0 Å². The molecule has 0 aromatic heterocycles. The molecule has 4 heteroatoms. The lowest BCUT2D eigenvalue weighted by Crippen LogP contribution is -2.13. The maximum absolute atomic E-state index is 5.69. The normalized spacial score (nSPS) is 12.5. The molecule has 0 amide bonds. The number of rotatable bonds is 3. The van der Waals surface area contributed by atoms with E-state index in [4.69, 9.17) is 34.8 Å². The van der Waals surface area contributed by atoms with Crippen LogP contribution in [0.25, 0.3) is 0 Å². The van der Waals surface area contributed by atoms with E-state index in [1.807, 2.05) is 18.2 Å². The molecular weight excluding hydrogens is 243 g/mol. The third-order valence-corrected chi connectivity index (χ3v) is 4.74. The molecule has 0 aliphatic heterocycles. The molecule has 0 aliphatic carbocycles. The highest BCUT2D eigenvalue weighted by Crippen LogP contribution is 2.25. The molecule has 0 atom stereocenters. The largest absolute Gasteiger partial charge is 0.169 e. The summed E-state index contributed by atoms with van der Waals surface area (Å²) in [6.07, 6.45) is 1.03. The summed E-state index contributed by atoms with van der Waals surface area (Å²) in [5.74, 6) is 0. The average Bonchev–Trinajstić information content (AvgIpc) is 2.04. The number of alkyl halides is 3. The Morgan fingerprint density at radius 2 is 1.69 bits per heavy atom. The molecule has 1 rings (SSSR count).